The van der Waals surface area contributed by atoms with Crippen LogP contribution >= 0.6 is 11.6 Å². The molecule has 0 atom stereocenters. The third-order valence-electron chi connectivity index (χ3n) is 2.89. The minimum absolute atomic E-state index is 0.141. The lowest BCUT2D eigenvalue weighted by atomic mass is 9.99. The van der Waals surface area contributed by atoms with Crippen LogP contribution in [0.5, 0.6) is 0 Å². The third-order valence-corrected chi connectivity index (χ3v) is 3.24. The predicted octanol–water partition coefficient (Wildman–Crippen LogP) is 4.35. The van der Waals surface area contributed by atoms with Gasteiger partial charge in [0.2, 0.25) is 0 Å². The highest BCUT2D eigenvalue weighted by atomic mass is 35.5. The highest BCUT2D eigenvalue weighted by molar-refractivity contribution is 6.31. The first-order chi connectivity index (χ1) is 8.99. The van der Waals surface area contributed by atoms with Crippen LogP contribution in [0.1, 0.15) is 21.5 Å². The van der Waals surface area contributed by atoms with E-state index in [1.165, 1.54) is 36.4 Å². The first kappa shape index (κ1) is 13.7. The van der Waals surface area contributed by atoms with Gasteiger partial charge in [-0.1, -0.05) is 17.7 Å². The summed E-state index contributed by atoms with van der Waals surface area (Å²) in [6.45, 7) is 1.64. The zero-order valence-electron chi connectivity index (χ0n) is 10.2. The van der Waals surface area contributed by atoms with Gasteiger partial charge < -0.3 is 0 Å². The highest BCUT2D eigenvalue weighted by Gasteiger charge is 2.15. The molecule has 0 saturated carbocycles. The van der Waals surface area contributed by atoms with Gasteiger partial charge in [-0.2, -0.15) is 0 Å². The topological polar surface area (TPSA) is 17.1 Å². The summed E-state index contributed by atoms with van der Waals surface area (Å²) in [6.07, 6.45) is -0.141. The van der Waals surface area contributed by atoms with Crippen molar-refractivity contribution in [2.75, 3.05) is 0 Å². The van der Waals surface area contributed by atoms with Crippen LogP contribution in [-0.2, 0) is 6.42 Å². The number of hydrogen-bond donors (Lipinski definition) is 0. The summed E-state index contributed by atoms with van der Waals surface area (Å²) in [5.74, 6) is -1.21. The summed E-state index contributed by atoms with van der Waals surface area (Å²) in [6, 6.07) is 8.16. The zero-order chi connectivity index (χ0) is 14.0. The Labute approximate surface area is 114 Å². The molecule has 0 N–H and O–H groups in total. The van der Waals surface area contributed by atoms with Gasteiger partial charge in [0.25, 0.3) is 0 Å². The number of hydrogen-bond acceptors (Lipinski definition) is 1. The van der Waals surface area contributed by atoms with Gasteiger partial charge in [-0.15, -0.1) is 0 Å². The second kappa shape index (κ2) is 5.49. The molecule has 0 bridgehead atoms. The molecule has 19 heavy (non-hydrogen) atoms. The Hall–Kier alpha value is -1.74. The number of aryl methyl sites for hydroxylation is 1. The maximum atomic E-state index is 13.6. The molecule has 0 heterocycles. The van der Waals surface area contributed by atoms with Crippen LogP contribution in [0.25, 0.3) is 0 Å². The summed E-state index contributed by atoms with van der Waals surface area (Å²) in [5, 5.41) is 0.216. The zero-order valence-corrected chi connectivity index (χ0v) is 11.0. The second-order valence-electron chi connectivity index (χ2n) is 4.26. The standard InChI is InChI=1S/C15H11ClF2O/c1-9-7-10(17)5-6-11(9)15(19)8-12-13(16)3-2-4-14(12)18/h2-7H,8H2,1H3. The van der Waals surface area contributed by atoms with Gasteiger partial charge in [0.1, 0.15) is 11.6 Å². The largest absolute Gasteiger partial charge is 0.294 e. The fraction of sp³-hybridized carbons (Fsp3) is 0.133. The van der Waals surface area contributed by atoms with Crippen molar-refractivity contribution in [2.24, 2.45) is 0 Å². The van der Waals surface area contributed by atoms with Crippen LogP contribution in [0.15, 0.2) is 36.4 Å². The summed E-state index contributed by atoms with van der Waals surface area (Å²) in [4.78, 5) is 12.1. The number of halogens is 3. The lowest BCUT2D eigenvalue weighted by Crippen LogP contribution is -2.08. The van der Waals surface area contributed by atoms with E-state index in [0.29, 0.717) is 11.1 Å². The van der Waals surface area contributed by atoms with Crippen molar-refractivity contribution in [2.45, 2.75) is 13.3 Å². The Morgan fingerprint density at radius 3 is 2.58 bits per heavy atom. The SMILES string of the molecule is Cc1cc(F)ccc1C(=O)Cc1c(F)cccc1Cl. The number of carbonyl (C=O) groups is 1. The minimum atomic E-state index is -0.513. The molecule has 0 aliphatic rings. The van der Waals surface area contributed by atoms with Gasteiger partial charge in [0, 0.05) is 22.6 Å². The summed E-state index contributed by atoms with van der Waals surface area (Å²) >= 11 is 5.87. The Morgan fingerprint density at radius 1 is 1.21 bits per heavy atom. The smallest absolute Gasteiger partial charge is 0.167 e. The molecule has 0 aliphatic heterocycles. The van der Waals surface area contributed by atoms with Crippen LogP contribution in [0, 0.1) is 18.6 Å². The van der Waals surface area contributed by atoms with Gasteiger partial charge in [-0.05, 0) is 42.8 Å². The maximum Gasteiger partial charge on any atom is 0.167 e. The number of benzene rings is 2. The molecule has 0 saturated heterocycles. The van der Waals surface area contributed by atoms with E-state index in [0.717, 1.165) is 0 Å². The fourth-order valence-electron chi connectivity index (χ4n) is 1.90. The van der Waals surface area contributed by atoms with E-state index in [9.17, 15) is 13.6 Å². The van der Waals surface area contributed by atoms with Crippen LogP contribution in [0.2, 0.25) is 5.02 Å². The van der Waals surface area contributed by atoms with Crippen LogP contribution in [0.3, 0.4) is 0 Å². The molecule has 98 valence electrons. The lowest BCUT2D eigenvalue weighted by molar-refractivity contribution is 0.0991. The average Bonchev–Trinajstić information content (AvgIpc) is 2.33. The van der Waals surface area contributed by atoms with E-state index in [-0.39, 0.29) is 22.8 Å². The monoisotopic (exact) mass is 280 g/mol. The van der Waals surface area contributed by atoms with Crippen LogP contribution in [-0.4, -0.2) is 5.78 Å². The highest BCUT2D eigenvalue weighted by Crippen LogP contribution is 2.22. The molecular weight excluding hydrogens is 270 g/mol. The molecule has 0 unspecified atom stereocenters. The van der Waals surface area contributed by atoms with E-state index >= 15 is 0 Å². The molecule has 2 aromatic rings. The first-order valence-corrected chi connectivity index (χ1v) is 6.09. The molecule has 1 nitrogen and oxygen atoms in total. The summed E-state index contributed by atoms with van der Waals surface area (Å²) in [5.41, 5.74) is 1.07. The normalized spacial score (nSPS) is 10.5. The van der Waals surface area contributed by atoms with Crippen molar-refractivity contribution < 1.29 is 13.6 Å². The maximum absolute atomic E-state index is 13.6. The van der Waals surface area contributed by atoms with E-state index in [2.05, 4.69) is 0 Å². The van der Waals surface area contributed by atoms with Crippen molar-refractivity contribution in [1.82, 2.24) is 0 Å². The quantitative estimate of drug-likeness (QED) is 0.764. The van der Waals surface area contributed by atoms with Crippen LogP contribution < -0.4 is 0 Å². The van der Waals surface area contributed by atoms with E-state index in [1.807, 2.05) is 0 Å². The van der Waals surface area contributed by atoms with Crippen molar-refractivity contribution >= 4 is 17.4 Å². The van der Waals surface area contributed by atoms with Crippen LogP contribution in [0.4, 0.5) is 8.78 Å². The molecule has 0 fully saturated rings. The molecule has 4 heteroatoms. The van der Waals surface area contributed by atoms with Crippen molar-refractivity contribution in [3.8, 4) is 0 Å². The molecular formula is C15H11ClF2O. The van der Waals surface area contributed by atoms with E-state index in [4.69, 9.17) is 11.6 Å². The van der Waals surface area contributed by atoms with E-state index in [1.54, 1.807) is 6.92 Å². The molecule has 0 aliphatic carbocycles. The predicted molar refractivity (Wildman–Crippen MR) is 70.6 cm³/mol. The third kappa shape index (κ3) is 2.99. The van der Waals surface area contributed by atoms with Crippen molar-refractivity contribution in [1.29, 1.82) is 0 Å². The lowest BCUT2D eigenvalue weighted by Gasteiger charge is -2.07. The van der Waals surface area contributed by atoms with Crippen molar-refractivity contribution in [3.05, 3.63) is 69.7 Å². The summed E-state index contributed by atoms with van der Waals surface area (Å²) < 4.78 is 26.6. The Morgan fingerprint density at radius 2 is 1.95 bits per heavy atom. The molecule has 0 radical (unpaired) electrons. The van der Waals surface area contributed by atoms with Gasteiger partial charge in [-0.25, -0.2) is 8.78 Å². The number of rotatable bonds is 3. The molecule has 0 aromatic heterocycles. The molecule has 2 aromatic carbocycles. The molecule has 2 rings (SSSR count). The number of ketones is 1. The van der Waals surface area contributed by atoms with Gasteiger partial charge in [0.15, 0.2) is 5.78 Å². The Bertz CT molecular complexity index is 618. The second-order valence-corrected chi connectivity index (χ2v) is 4.67. The summed E-state index contributed by atoms with van der Waals surface area (Å²) in [7, 11) is 0. The molecule has 0 spiro atoms. The van der Waals surface area contributed by atoms with Gasteiger partial charge >= 0.3 is 0 Å². The van der Waals surface area contributed by atoms with Crippen molar-refractivity contribution in [3.63, 3.8) is 0 Å². The number of Topliss-reactive ketones (excluding diaryl/α,β-unsaturated/α-hetero) is 1. The van der Waals surface area contributed by atoms with Gasteiger partial charge in [0.05, 0.1) is 0 Å². The van der Waals surface area contributed by atoms with E-state index < -0.39 is 11.6 Å². The van der Waals surface area contributed by atoms with Gasteiger partial charge in [-0.3, -0.25) is 4.79 Å². The molecule has 0 amide bonds. The fourth-order valence-corrected chi connectivity index (χ4v) is 2.13. The average molecular weight is 281 g/mol. The minimum Gasteiger partial charge on any atom is -0.294 e. The number of carbonyl (C=O) groups excluding carboxylic acids is 1. The Kier molecular flexibility index (Phi) is 3.96. The Balaban J connectivity index is 2.31. The first-order valence-electron chi connectivity index (χ1n) is 5.71.